The maximum atomic E-state index is 5.77. The van der Waals surface area contributed by atoms with Gasteiger partial charge >= 0.3 is 0 Å². The van der Waals surface area contributed by atoms with Gasteiger partial charge in [0.25, 0.3) is 0 Å². The molecule has 0 spiro atoms. The van der Waals surface area contributed by atoms with Crippen LogP contribution in [0, 0.1) is 0 Å². The molecule has 0 unspecified atom stereocenters. The minimum absolute atomic E-state index is 0.217. The van der Waals surface area contributed by atoms with E-state index in [0.717, 1.165) is 16.5 Å². The van der Waals surface area contributed by atoms with Crippen LogP contribution in [-0.4, -0.2) is 15.0 Å². The second-order valence-corrected chi connectivity index (χ2v) is 4.62. The minimum Gasteiger partial charge on any atom is -0.437 e. The first-order valence-electron chi connectivity index (χ1n) is 6.01. The molecule has 0 bridgehead atoms. The Hall–Kier alpha value is -2.53. The largest absolute Gasteiger partial charge is 0.437 e. The molecule has 4 nitrogen and oxygen atoms in total. The second-order valence-electron chi connectivity index (χ2n) is 4.18. The lowest BCUT2D eigenvalue weighted by molar-refractivity contribution is 0.465. The van der Waals surface area contributed by atoms with Crippen LogP contribution in [0.4, 0.5) is 0 Å². The van der Waals surface area contributed by atoms with Gasteiger partial charge in [-0.3, -0.25) is 0 Å². The number of rotatable bonds is 3. The number of hydrogen-bond donors (Lipinski definition) is 1. The molecule has 3 rings (SSSR count). The Morgan fingerprint density at radius 2 is 1.80 bits per heavy atom. The van der Waals surface area contributed by atoms with Crippen molar-refractivity contribution in [3.8, 4) is 11.6 Å². The smallest absolute Gasteiger partial charge is 0.237 e. The molecular formula is C15H11N3OS. The van der Waals surface area contributed by atoms with Crippen molar-refractivity contribution >= 4 is 28.0 Å². The van der Waals surface area contributed by atoms with Crippen molar-refractivity contribution in [1.29, 1.82) is 0 Å². The van der Waals surface area contributed by atoms with Gasteiger partial charge in [-0.15, -0.1) is 0 Å². The van der Waals surface area contributed by atoms with Crippen molar-refractivity contribution in [2.75, 3.05) is 0 Å². The summed E-state index contributed by atoms with van der Waals surface area (Å²) in [5.41, 5.74) is 5.96. The van der Waals surface area contributed by atoms with E-state index < -0.39 is 0 Å². The van der Waals surface area contributed by atoms with Crippen molar-refractivity contribution in [2.45, 2.75) is 0 Å². The first-order chi connectivity index (χ1) is 9.74. The van der Waals surface area contributed by atoms with E-state index in [4.69, 9.17) is 22.7 Å². The Morgan fingerprint density at radius 3 is 2.55 bits per heavy atom. The summed E-state index contributed by atoms with van der Waals surface area (Å²) in [5.74, 6) is 1.14. The molecule has 5 heteroatoms. The first-order valence-corrected chi connectivity index (χ1v) is 6.42. The Morgan fingerprint density at radius 1 is 1.00 bits per heavy atom. The third-order valence-electron chi connectivity index (χ3n) is 2.84. The molecule has 3 aromatic rings. The molecule has 0 saturated heterocycles. The topological polar surface area (TPSA) is 61.0 Å². The van der Waals surface area contributed by atoms with Crippen molar-refractivity contribution in [3.05, 3.63) is 60.6 Å². The van der Waals surface area contributed by atoms with E-state index in [1.165, 1.54) is 12.4 Å². The van der Waals surface area contributed by atoms with Crippen molar-refractivity contribution in [3.63, 3.8) is 0 Å². The fourth-order valence-electron chi connectivity index (χ4n) is 1.89. The standard InChI is InChI=1S/C15H11N3OS/c16-15(20)12-8-18-14(9-17-12)19-13-7-3-5-10-4-1-2-6-11(10)13/h1-9H,(H2,16,20). The summed E-state index contributed by atoms with van der Waals surface area (Å²) < 4.78 is 5.77. The monoisotopic (exact) mass is 281 g/mol. The molecule has 0 amide bonds. The minimum atomic E-state index is 0.217. The van der Waals surface area contributed by atoms with Crippen LogP contribution in [-0.2, 0) is 0 Å². The Labute approximate surface area is 121 Å². The van der Waals surface area contributed by atoms with Crippen LogP contribution in [0.1, 0.15) is 5.69 Å². The quantitative estimate of drug-likeness (QED) is 0.748. The second kappa shape index (κ2) is 5.22. The third-order valence-corrected chi connectivity index (χ3v) is 3.05. The fourth-order valence-corrected chi connectivity index (χ4v) is 2.00. The average molecular weight is 281 g/mol. The van der Waals surface area contributed by atoms with Gasteiger partial charge in [0, 0.05) is 5.39 Å². The zero-order valence-corrected chi connectivity index (χ0v) is 11.3. The number of nitrogens with two attached hydrogens (primary N) is 1. The highest BCUT2D eigenvalue weighted by molar-refractivity contribution is 7.80. The number of thiocarbonyl (C=S) groups is 1. The zero-order valence-electron chi connectivity index (χ0n) is 10.5. The van der Waals surface area contributed by atoms with E-state index in [9.17, 15) is 0 Å². The van der Waals surface area contributed by atoms with Gasteiger partial charge in [-0.05, 0) is 11.5 Å². The van der Waals surface area contributed by atoms with Crippen LogP contribution in [0.3, 0.4) is 0 Å². The van der Waals surface area contributed by atoms with Crippen LogP contribution >= 0.6 is 12.2 Å². The fraction of sp³-hybridized carbons (Fsp3) is 0. The summed E-state index contributed by atoms with van der Waals surface area (Å²) in [5, 5.41) is 2.13. The highest BCUT2D eigenvalue weighted by atomic mass is 32.1. The van der Waals surface area contributed by atoms with E-state index in [2.05, 4.69) is 9.97 Å². The van der Waals surface area contributed by atoms with E-state index >= 15 is 0 Å². The van der Waals surface area contributed by atoms with Gasteiger partial charge in [0.2, 0.25) is 5.88 Å². The summed E-state index contributed by atoms with van der Waals surface area (Å²) in [6, 6.07) is 13.9. The zero-order chi connectivity index (χ0) is 13.9. The molecule has 20 heavy (non-hydrogen) atoms. The molecule has 0 aliphatic heterocycles. The Balaban J connectivity index is 1.95. The molecule has 0 saturated carbocycles. The summed E-state index contributed by atoms with van der Waals surface area (Å²) >= 11 is 4.83. The van der Waals surface area contributed by atoms with E-state index in [-0.39, 0.29) is 4.99 Å². The average Bonchev–Trinajstić information content (AvgIpc) is 2.48. The van der Waals surface area contributed by atoms with Gasteiger partial charge in [-0.2, -0.15) is 0 Å². The van der Waals surface area contributed by atoms with Gasteiger partial charge in [-0.25, -0.2) is 9.97 Å². The maximum absolute atomic E-state index is 5.77. The number of fused-ring (bicyclic) bond motifs is 1. The summed E-state index contributed by atoms with van der Waals surface area (Å²) in [7, 11) is 0. The lowest BCUT2D eigenvalue weighted by Crippen LogP contribution is -2.11. The molecule has 0 aliphatic rings. The van der Waals surface area contributed by atoms with Crippen LogP contribution in [0.15, 0.2) is 54.9 Å². The summed E-state index contributed by atoms with van der Waals surface area (Å²) in [6.07, 6.45) is 3.01. The molecule has 0 aliphatic carbocycles. The molecule has 1 aromatic heterocycles. The van der Waals surface area contributed by atoms with Crippen LogP contribution in [0.5, 0.6) is 11.6 Å². The highest BCUT2D eigenvalue weighted by Crippen LogP contribution is 2.28. The van der Waals surface area contributed by atoms with Gasteiger partial charge < -0.3 is 10.5 Å². The number of ether oxygens (including phenoxy) is 1. The Kier molecular flexibility index (Phi) is 3.26. The van der Waals surface area contributed by atoms with Crippen molar-refractivity contribution in [1.82, 2.24) is 9.97 Å². The molecule has 0 radical (unpaired) electrons. The number of benzene rings is 2. The number of hydrogen-bond acceptors (Lipinski definition) is 4. The van der Waals surface area contributed by atoms with Gasteiger partial charge in [0.1, 0.15) is 16.4 Å². The molecule has 0 atom stereocenters. The lowest BCUT2D eigenvalue weighted by Gasteiger charge is -2.08. The molecular weight excluding hydrogens is 270 g/mol. The number of nitrogens with zero attached hydrogens (tertiary/aromatic N) is 2. The van der Waals surface area contributed by atoms with Gasteiger partial charge in [-0.1, -0.05) is 48.6 Å². The van der Waals surface area contributed by atoms with Crippen molar-refractivity contribution in [2.24, 2.45) is 5.73 Å². The van der Waals surface area contributed by atoms with E-state index in [0.29, 0.717) is 11.6 Å². The lowest BCUT2D eigenvalue weighted by atomic mass is 10.1. The van der Waals surface area contributed by atoms with Gasteiger partial charge in [0.05, 0.1) is 12.4 Å². The molecule has 2 aromatic carbocycles. The maximum Gasteiger partial charge on any atom is 0.237 e. The van der Waals surface area contributed by atoms with Crippen molar-refractivity contribution < 1.29 is 4.74 Å². The predicted molar refractivity (Wildman–Crippen MR) is 81.9 cm³/mol. The van der Waals surface area contributed by atoms with Crippen LogP contribution < -0.4 is 10.5 Å². The first kappa shape index (κ1) is 12.5. The highest BCUT2D eigenvalue weighted by Gasteiger charge is 2.05. The SMILES string of the molecule is NC(=S)c1cnc(Oc2cccc3ccccc23)cn1. The molecule has 0 fully saturated rings. The third kappa shape index (κ3) is 2.44. The van der Waals surface area contributed by atoms with Crippen LogP contribution in [0.25, 0.3) is 10.8 Å². The van der Waals surface area contributed by atoms with E-state index in [1.807, 2.05) is 42.5 Å². The summed E-state index contributed by atoms with van der Waals surface area (Å²) in [6.45, 7) is 0. The van der Waals surface area contributed by atoms with Gasteiger partial charge in [0.15, 0.2) is 0 Å². The van der Waals surface area contributed by atoms with Crippen LogP contribution in [0.2, 0.25) is 0 Å². The van der Waals surface area contributed by atoms with E-state index in [1.54, 1.807) is 0 Å². The normalized spacial score (nSPS) is 10.4. The number of aromatic nitrogens is 2. The molecule has 2 N–H and O–H groups in total. The summed E-state index contributed by atoms with van der Waals surface area (Å²) in [4.78, 5) is 8.47. The Bertz CT molecular complexity index is 766. The molecule has 1 heterocycles. The molecule has 98 valence electrons. The predicted octanol–water partition coefficient (Wildman–Crippen LogP) is 3.06.